The van der Waals surface area contributed by atoms with Gasteiger partial charge < -0.3 is 0 Å². The van der Waals surface area contributed by atoms with Crippen molar-refractivity contribution in [3.63, 3.8) is 0 Å². The summed E-state index contributed by atoms with van der Waals surface area (Å²) in [5.41, 5.74) is 2.05. The molecule has 0 aliphatic heterocycles. The maximum absolute atomic E-state index is 4.45. The third kappa shape index (κ3) is 1.54. The average Bonchev–Trinajstić information content (AvgIpc) is 2.48. The molecule has 4 heteroatoms. The number of halogens is 1. The zero-order chi connectivity index (χ0) is 10.3. The number of hydrogen-bond donors (Lipinski definition) is 0. The first-order chi connectivity index (χ1) is 6.58. The van der Waals surface area contributed by atoms with Gasteiger partial charge in [0, 0.05) is 12.4 Å². The molecule has 2 rings (SSSR count). The Hall–Kier alpha value is -0.900. The number of nitrogens with zero attached hydrogens (tertiary/aromatic N) is 3. The lowest BCUT2D eigenvalue weighted by atomic mass is 10.2. The summed E-state index contributed by atoms with van der Waals surface area (Å²) in [6.07, 6.45) is 4.02. The van der Waals surface area contributed by atoms with Crippen LogP contribution < -0.4 is 0 Å². The van der Waals surface area contributed by atoms with E-state index in [0.717, 1.165) is 21.6 Å². The maximum atomic E-state index is 4.45. The number of imidazole rings is 1. The Kier molecular flexibility index (Phi) is 2.31. The molecule has 2 heterocycles. The van der Waals surface area contributed by atoms with E-state index in [9.17, 15) is 0 Å². The summed E-state index contributed by atoms with van der Waals surface area (Å²) in [6.45, 7) is 6.22. The fourth-order valence-corrected chi connectivity index (χ4v) is 1.59. The molecule has 0 amide bonds. The molecule has 0 aliphatic rings. The Morgan fingerprint density at radius 3 is 2.64 bits per heavy atom. The standard InChI is InChI=1S/C10H12BrN3/c1-6(2)9-5-14-4-8(11)7(3)12-10(14)13-9/h4-6H,1-3H3. The second-order valence-corrected chi connectivity index (χ2v) is 4.56. The van der Waals surface area contributed by atoms with Crippen LogP contribution in [0.1, 0.15) is 31.2 Å². The summed E-state index contributed by atoms with van der Waals surface area (Å²) >= 11 is 3.45. The van der Waals surface area contributed by atoms with Gasteiger partial charge in [0.2, 0.25) is 5.78 Å². The molecular weight excluding hydrogens is 242 g/mol. The summed E-state index contributed by atoms with van der Waals surface area (Å²) in [6, 6.07) is 0. The molecule has 0 saturated carbocycles. The van der Waals surface area contributed by atoms with Crippen LogP contribution in [0.2, 0.25) is 0 Å². The summed E-state index contributed by atoms with van der Waals surface area (Å²) in [5, 5.41) is 0. The lowest BCUT2D eigenvalue weighted by Gasteiger charge is -1.96. The highest BCUT2D eigenvalue weighted by molar-refractivity contribution is 9.10. The molecule has 0 spiro atoms. The molecule has 0 radical (unpaired) electrons. The van der Waals surface area contributed by atoms with Gasteiger partial charge in [0.1, 0.15) is 0 Å². The van der Waals surface area contributed by atoms with Gasteiger partial charge in [-0.05, 0) is 28.8 Å². The molecule has 0 fully saturated rings. The van der Waals surface area contributed by atoms with E-state index < -0.39 is 0 Å². The van der Waals surface area contributed by atoms with Gasteiger partial charge in [0.25, 0.3) is 0 Å². The number of fused-ring (bicyclic) bond motifs is 1. The second-order valence-electron chi connectivity index (χ2n) is 3.70. The minimum atomic E-state index is 0.441. The Morgan fingerprint density at radius 2 is 2.00 bits per heavy atom. The van der Waals surface area contributed by atoms with Crippen molar-refractivity contribution >= 4 is 21.7 Å². The Bertz CT molecular complexity index is 434. The van der Waals surface area contributed by atoms with E-state index in [4.69, 9.17) is 0 Å². The molecular formula is C10H12BrN3. The first kappa shape index (κ1) is 9.65. The van der Waals surface area contributed by atoms with E-state index in [-0.39, 0.29) is 0 Å². The number of aromatic nitrogens is 3. The summed E-state index contributed by atoms with van der Waals surface area (Å²) in [7, 11) is 0. The van der Waals surface area contributed by atoms with Crippen molar-refractivity contribution in [1.29, 1.82) is 0 Å². The van der Waals surface area contributed by atoms with Crippen LogP contribution in [0.4, 0.5) is 0 Å². The van der Waals surface area contributed by atoms with Gasteiger partial charge in [0.15, 0.2) is 0 Å². The number of hydrogen-bond acceptors (Lipinski definition) is 2. The van der Waals surface area contributed by atoms with Gasteiger partial charge in [0.05, 0.1) is 15.9 Å². The van der Waals surface area contributed by atoms with E-state index >= 15 is 0 Å². The van der Waals surface area contributed by atoms with Crippen LogP contribution in [0.15, 0.2) is 16.9 Å². The Balaban J connectivity index is 2.66. The highest BCUT2D eigenvalue weighted by atomic mass is 79.9. The van der Waals surface area contributed by atoms with Crippen molar-refractivity contribution in [2.45, 2.75) is 26.7 Å². The number of aryl methyl sites for hydroxylation is 1. The highest BCUT2D eigenvalue weighted by Crippen LogP contribution is 2.17. The van der Waals surface area contributed by atoms with Crippen molar-refractivity contribution < 1.29 is 0 Å². The molecule has 0 unspecified atom stereocenters. The van der Waals surface area contributed by atoms with E-state index in [1.165, 1.54) is 0 Å². The zero-order valence-corrected chi connectivity index (χ0v) is 10.0. The number of rotatable bonds is 1. The monoisotopic (exact) mass is 253 g/mol. The Labute approximate surface area is 91.3 Å². The molecule has 0 aliphatic carbocycles. The molecule has 0 aromatic carbocycles. The van der Waals surface area contributed by atoms with Gasteiger partial charge in [-0.1, -0.05) is 13.8 Å². The largest absolute Gasteiger partial charge is 0.290 e. The van der Waals surface area contributed by atoms with Crippen LogP contribution in [-0.2, 0) is 0 Å². The van der Waals surface area contributed by atoms with Gasteiger partial charge in [-0.25, -0.2) is 9.97 Å². The minimum absolute atomic E-state index is 0.441. The van der Waals surface area contributed by atoms with Gasteiger partial charge in [-0.15, -0.1) is 0 Å². The molecule has 74 valence electrons. The van der Waals surface area contributed by atoms with Crippen molar-refractivity contribution in [3.05, 3.63) is 28.3 Å². The van der Waals surface area contributed by atoms with Crippen LogP contribution in [0, 0.1) is 6.92 Å². The summed E-state index contributed by atoms with van der Waals surface area (Å²) in [5.74, 6) is 1.21. The van der Waals surface area contributed by atoms with E-state index in [2.05, 4.69) is 39.7 Å². The van der Waals surface area contributed by atoms with Crippen molar-refractivity contribution in [3.8, 4) is 0 Å². The normalized spacial score (nSPS) is 11.5. The van der Waals surface area contributed by atoms with Crippen molar-refractivity contribution in [2.75, 3.05) is 0 Å². The highest BCUT2D eigenvalue weighted by Gasteiger charge is 2.07. The van der Waals surface area contributed by atoms with Gasteiger partial charge in [-0.3, -0.25) is 4.40 Å². The predicted octanol–water partition coefficient (Wildman–Crippen LogP) is 2.92. The predicted molar refractivity (Wildman–Crippen MR) is 59.5 cm³/mol. The average molecular weight is 254 g/mol. The van der Waals surface area contributed by atoms with Crippen LogP contribution in [0.3, 0.4) is 0 Å². The molecule has 0 saturated heterocycles. The van der Waals surface area contributed by atoms with E-state index in [1.54, 1.807) is 0 Å². The molecule has 2 aromatic heterocycles. The third-order valence-corrected chi connectivity index (χ3v) is 2.97. The molecule has 0 bridgehead atoms. The molecule has 0 N–H and O–H groups in total. The Morgan fingerprint density at radius 1 is 1.29 bits per heavy atom. The molecule has 0 atom stereocenters. The maximum Gasteiger partial charge on any atom is 0.234 e. The van der Waals surface area contributed by atoms with Crippen molar-refractivity contribution in [2.24, 2.45) is 0 Å². The topological polar surface area (TPSA) is 30.2 Å². The van der Waals surface area contributed by atoms with E-state index in [1.807, 2.05) is 23.7 Å². The first-order valence-corrected chi connectivity index (χ1v) is 5.39. The fourth-order valence-electron chi connectivity index (χ4n) is 1.28. The van der Waals surface area contributed by atoms with Crippen LogP contribution in [0.25, 0.3) is 5.78 Å². The van der Waals surface area contributed by atoms with Crippen LogP contribution >= 0.6 is 15.9 Å². The molecule has 3 nitrogen and oxygen atoms in total. The second kappa shape index (κ2) is 3.35. The van der Waals surface area contributed by atoms with Crippen LogP contribution in [-0.4, -0.2) is 14.4 Å². The third-order valence-electron chi connectivity index (χ3n) is 2.19. The summed E-state index contributed by atoms with van der Waals surface area (Å²) < 4.78 is 2.96. The summed E-state index contributed by atoms with van der Waals surface area (Å²) in [4.78, 5) is 8.83. The minimum Gasteiger partial charge on any atom is -0.290 e. The van der Waals surface area contributed by atoms with Crippen molar-refractivity contribution in [1.82, 2.24) is 14.4 Å². The smallest absolute Gasteiger partial charge is 0.234 e. The fraction of sp³-hybridized carbons (Fsp3) is 0.400. The lowest BCUT2D eigenvalue weighted by Crippen LogP contribution is -1.91. The first-order valence-electron chi connectivity index (χ1n) is 4.59. The SMILES string of the molecule is Cc1nc2nc(C(C)C)cn2cc1Br. The van der Waals surface area contributed by atoms with Gasteiger partial charge >= 0.3 is 0 Å². The van der Waals surface area contributed by atoms with Gasteiger partial charge in [-0.2, -0.15) is 0 Å². The quantitative estimate of drug-likeness (QED) is 0.783. The zero-order valence-electron chi connectivity index (χ0n) is 8.45. The lowest BCUT2D eigenvalue weighted by molar-refractivity contribution is 0.833. The van der Waals surface area contributed by atoms with Crippen LogP contribution in [0.5, 0.6) is 0 Å². The van der Waals surface area contributed by atoms with E-state index in [0.29, 0.717) is 5.92 Å². The molecule has 2 aromatic rings. The molecule has 14 heavy (non-hydrogen) atoms.